The number of para-hydroxylation sites is 1. The van der Waals surface area contributed by atoms with Gasteiger partial charge in [-0.2, -0.15) is 0 Å². The number of rotatable bonds is 6. The highest BCUT2D eigenvalue weighted by molar-refractivity contribution is 5.97. The number of furan rings is 1. The Morgan fingerprint density at radius 1 is 1.26 bits per heavy atom. The Bertz CT molecular complexity index is 1120. The van der Waals surface area contributed by atoms with Gasteiger partial charge in [-0.15, -0.1) is 0 Å². The molecule has 0 aliphatic carbocycles. The predicted molar refractivity (Wildman–Crippen MR) is 121 cm³/mol. The van der Waals surface area contributed by atoms with Crippen molar-refractivity contribution in [2.75, 3.05) is 30.9 Å². The lowest BCUT2D eigenvalue weighted by atomic mass is 10.1. The van der Waals surface area contributed by atoms with Gasteiger partial charge < -0.3 is 24.3 Å². The van der Waals surface area contributed by atoms with E-state index in [9.17, 15) is 9.59 Å². The van der Waals surface area contributed by atoms with Crippen molar-refractivity contribution in [3.8, 4) is 5.75 Å². The normalized spacial score (nSPS) is 13.6. The van der Waals surface area contributed by atoms with Gasteiger partial charge in [0.15, 0.2) is 0 Å². The van der Waals surface area contributed by atoms with Gasteiger partial charge in [0.1, 0.15) is 17.1 Å². The van der Waals surface area contributed by atoms with E-state index < -0.39 is 0 Å². The third-order valence-electron chi connectivity index (χ3n) is 5.64. The maximum Gasteiger partial charge on any atom is 0.321 e. The van der Waals surface area contributed by atoms with Crippen molar-refractivity contribution >= 4 is 34.3 Å². The molecule has 162 valence electrons. The smallest absolute Gasteiger partial charge is 0.321 e. The molecule has 1 N–H and O–H groups in total. The van der Waals surface area contributed by atoms with Gasteiger partial charge in [0.25, 0.3) is 0 Å². The first kappa shape index (κ1) is 20.8. The molecule has 4 rings (SSSR count). The van der Waals surface area contributed by atoms with Crippen LogP contribution in [0.15, 0.2) is 46.9 Å². The molecule has 3 amide bonds. The zero-order valence-electron chi connectivity index (χ0n) is 18.1. The monoisotopic (exact) mass is 421 g/mol. The van der Waals surface area contributed by atoms with Crippen molar-refractivity contribution in [3.63, 3.8) is 0 Å². The number of ether oxygens (including phenoxy) is 1. The molecule has 0 bridgehead atoms. The summed E-state index contributed by atoms with van der Waals surface area (Å²) in [5, 5.41) is 3.94. The van der Waals surface area contributed by atoms with Gasteiger partial charge in [-0.05, 0) is 24.6 Å². The molecule has 31 heavy (non-hydrogen) atoms. The van der Waals surface area contributed by atoms with Crippen LogP contribution in [-0.4, -0.2) is 37.5 Å². The van der Waals surface area contributed by atoms with Gasteiger partial charge in [-0.1, -0.05) is 25.1 Å². The molecule has 1 saturated heterocycles. The number of urea groups is 1. The molecule has 1 aliphatic heterocycles. The van der Waals surface area contributed by atoms with E-state index in [0.717, 1.165) is 40.8 Å². The highest BCUT2D eigenvalue weighted by atomic mass is 16.5. The summed E-state index contributed by atoms with van der Waals surface area (Å²) >= 11 is 0. The lowest BCUT2D eigenvalue weighted by molar-refractivity contribution is -0.117. The van der Waals surface area contributed by atoms with Crippen LogP contribution in [0, 0.1) is 0 Å². The Balaban J connectivity index is 1.50. The summed E-state index contributed by atoms with van der Waals surface area (Å²) in [5.74, 6) is 1.54. The number of carbonyl (C=O) groups is 2. The number of benzene rings is 2. The van der Waals surface area contributed by atoms with Gasteiger partial charge in [-0.3, -0.25) is 4.79 Å². The molecule has 0 saturated carbocycles. The van der Waals surface area contributed by atoms with Crippen LogP contribution < -0.4 is 15.0 Å². The second-order valence-electron chi connectivity index (χ2n) is 7.68. The minimum atomic E-state index is -0.237. The van der Waals surface area contributed by atoms with Crippen LogP contribution in [0.2, 0.25) is 0 Å². The second-order valence-corrected chi connectivity index (χ2v) is 7.68. The van der Waals surface area contributed by atoms with Crippen molar-refractivity contribution in [3.05, 3.63) is 53.8 Å². The van der Waals surface area contributed by atoms with Crippen molar-refractivity contribution in [1.29, 1.82) is 0 Å². The van der Waals surface area contributed by atoms with E-state index in [4.69, 9.17) is 9.15 Å². The van der Waals surface area contributed by atoms with Gasteiger partial charge in [0.05, 0.1) is 19.3 Å². The van der Waals surface area contributed by atoms with Crippen molar-refractivity contribution < 1.29 is 18.7 Å². The van der Waals surface area contributed by atoms with E-state index in [1.54, 1.807) is 36.1 Å². The Morgan fingerprint density at radius 3 is 2.77 bits per heavy atom. The number of anilines is 2. The second kappa shape index (κ2) is 8.71. The third-order valence-corrected chi connectivity index (χ3v) is 5.64. The number of nitrogens with zero attached hydrogens (tertiary/aromatic N) is 2. The molecule has 7 nitrogen and oxygen atoms in total. The lowest BCUT2D eigenvalue weighted by Gasteiger charge is -2.21. The summed E-state index contributed by atoms with van der Waals surface area (Å²) in [6.45, 7) is 3.16. The molecule has 2 aromatic carbocycles. The number of amides is 3. The molecule has 3 aromatic rings. The Morgan fingerprint density at radius 2 is 2.06 bits per heavy atom. The first-order chi connectivity index (χ1) is 15.0. The summed E-state index contributed by atoms with van der Waals surface area (Å²) in [6.07, 6.45) is 2.15. The zero-order valence-corrected chi connectivity index (χ0v) is 18.1. The minimum absolute atomic E-state index is 0.0916. The fourth-order valence-corrected chi connectivity index (χ4v) is 4.02. The molecule has 1 fully saturated rings. The van der Waals surface area contributed by atoms with Crippen molar-refractivity contribution in [2.45, 2.75) is 32.7 Å². The number of methoxy groups -OCH3 is 1. The number of carbonyl (C=O) groups excluding carboxylic acids is 2. The van der Waals surface area contributed by atoms with E-state index in [0.29, 0.717) is 30.9 Å². The van der Waals surface area contributed by atoms with E-state index in [1.165, 1.54) is 0 Å². The van der Waals surface area contributed by atoms with E-state index >= 15 is 0 Å². The van der Waals surface area contributed by atoms with Crippen molar-refractivity contribution in [2.24, 2.45) is 0 Å². The number of fused-ring (bicyclic) bond motifs is 1. The average Bonchev–Trinajstić information content (AvgIpc) is 3.36. The zero-order chi connectivity index (χ0) is 22.0. The highest BCUT2D eigenvalue weighted by Gasteiger charge is 2.25. The fraction of sp³-hybridized carbons (Fsp3) is 0.333. The van der Waals surface area contributed by atoms with Gasteiger partial charge >= 0.3 is 6.03 Å². The average molecular weight is 421 g/mol. The largest absolute Gasteiger partial charge is 0.494 e. The maximum atomic E-state index is 12.8. The molecular weight excluding hydrogens is 394 g/mol. The summed E-state index contributed by atoms with van der Waals surface area (Å²) in [6, 6.07) is 13.0. The number of aryl methyl sites for hydroxylation is 1. The number of hydrogen-bond acceptors (Lipinski definition) is 4. The van der Waals surface area contributed by atoms with Crippen LogP contribution in [0.3, 0.4) is 0 Å². The molecule has 0 unspecified atom stereocenters. The molecule has 1 aliphatic rings. The quantitative estimate of drug-likeness (QED) is 0.621. The first-order valence-corrected chi connectivity index (χ1v) is 10.5. The fourth-order valence-electron chi connectivity index (χ4n) is 4.02. The van der Waals surface area contributed by atoms with Crippen LogP contribution in [0.1, 0.15) is 31.1 Å². The molecule has 0 spiro atoms. The van der Waals surface area contributed by atoms with Crippen LogP contribution in [0.5, 0.6) is 5.75 Å². The molecular formula is C24H27N3O4. The van der Waals surface area contributed by atoms with E-state index in [-0.39, 0.29) is 11.9 Å². The van der Waals surface area contributed by atoms with E-state index in [1.807, 2.05) is 37.3 Å². The predicted octanol–water partition coefficient (Wildman–Crippen LogP) is 4.79. The van der Waals surface area contributed by atoms with Gasteiger partial charge in [0.2, 0.25) is 5.91 Å². The summed E-state index contributed by atoms with van der Waals surface area (Å²) in [4.78, 5) is 28.3. The van der Waals surface area contributed by atoms with Crippen LogP contribution in [0.25, 0.3) is 11.0 Å². The topological polar surface area (TPSA) is 75.0 Å². The SMILES string of the molecule is CCc1oc2ccccc2c1CN(C)C(=O)Nc1ccc(N2CCCC2=O)c(OC)c1. The standard InChI is InChI=1S/C24H27N3O4/c1-4-20-18(17-8-5-6-9-21(17)31-20)15-26(2)24(29)25-16-11-12-19(22(14-16)30-3)27-13-7-10-23(27)28/h5-6,8-9,11-12,14H,4,7,10,13,15H2,1-3H3,(H,25,29). The molecule has 1 aromatic heterocycles. The number of hydrogen-bond donors (Lipinski definition) is 1. The Kier molecular flexibility index (Phi) is 5.84. The Labute approximate surface area is 181 Å². The lowest BCUT2D eigenvalue weighted by Crippen LogP contribution is -2.31. The first-order valence-electron chi connectivity index (χ1n) is 10.5. The minimum Gasteiger partial charge on any atom is -0.494 e. The highest BCUT2D eigenvalue weighted by Crippen LogP contribution is 2.34. The van der Waals surface area contributed by atoms with Crippen LogP contribution in [-0.2, 0) is 17.8 Å². The summed E-state index contributed by atoms with van der Waals surface area (Å²) in [7, 11) is 3.32. The third kappa shape index (κ3) is 4.08. The van der Waals surface area contributed by atoms with E-state index in [2.05, 4.69) is 5.32 Å². The van der Waals surface area contributed by atoms with Gasteiger partial charge in [-0.25, -0.2) is 4.79 Å². The molecule has 0 atom stereocenters. The van der Waals surface area contributed by atoms with Crippen LogP contribution >= 0.6 is 0 Å². The summed E-state index contributed by atoms with van der Waals surface area (Å²) < 4.78 is 11.4. The molecule has 0 radical (unpaired) electrons. The van der Waals surface area contributed by atoms with Crippen LogP contribution in [0.4, 0.5) is 16.2 Å². The van der Waals surface area contributed by atoms with Crippen molar-refractivity contribution in [1.82, 2.24) is 4.90 Å². The molecule has 7 heteroatoms. The Hall–Kier alpha value is -3.48. The number of nitrogens with one attached hydrogen (secondary N) is 1. The maximum absolute atomic E-state index is 12.8. The molecule has 2 heterocycles. The summed E-state index contributed by atoms with van der Waals surface area (Å²) in [5.41, 5.74) is 3.20. The van der Waals surface area contributed by atoms with Gasteiger partial charge in [0, 0.05) is 49.1 Å².